The van der Waals surface area contributed by atoms with Crippen molar-refractivity contribution in [3.8, 4) is 22.6 Å². The highest BCUT2D eigenvalue weighted by atomic mass is 19.1. The summed E-state index contributed by atoms with van der Waals surface area (Å²) in [7, 11) is 1.53. The number of aryl methyl sites for hydroxylation is 1. The van der Waals surface area contributed by atoms with Crippen LogP contribution in [0.2, 0.25) is 0 Å². The predicted molar refractivity (Wildman–Crippen MR) is 130 cm³/mol. The second-order valence-electron chi connectivity index (χ2n) is 9.37. The molecule has 2 N–H and O–H groups in total. The first-order valence-corrected chi connectivity index (χ1v) is 11.2. The first-order valence-electron chi connectivity index (χ1n) is 11.2. The zero-order valence-electron chi connectivity index (χ0n) is 20.0. The fourth-order valence-corrected chi connectivity index (χ4v) is 3.69. The van der Waals surface area contributed by atoms with E-state index < -0.39 is 23.3 Å². The molecule has 180 valence electrons. The molecule has 3 rings (SSSR count). The molecular formula is C28H31FO5. The maximum absolute atomic E-state index is 14.8. The van der Waals surface area contributed by atoms with Gasteiger partial charge in [-0.05, 0) is 70.5 Å². The summed E-state index contributed by atoms with van der Waals surface area (Å²) in [5.41, 5.74) is 2.79. The van der Waals surface area contributed by atoms with Crippen LogP contribution in [0.1, 0.15) is 50.0 Å². The van der Waals surface area contributed by atoms with Gasteiger partial charge in [0.25, 0.3) is 0 Å². The standard InChI is InChI=1S/C28H31FO5/c1-28(2,3)27(32)24-15-19(8-11-22(24)23-16-20(33-4)10-12-25(23)29)17-34-21-7-5-6-18(14-21)9-13-26(30)31/h5-8,10-12,14-16,27,32H,9,13,17H2,1-4H3,(H,30,31). The Morgan fingerprint density at radius 1 is 0.971 bits per heavy atom. The number of halogens is 1. The lowest BCUT2D eigenvalue weighted by molar-refractivity contribution is -0.136. The Balaban J connectivity index is 1.91. The molecule has 0 spiro atoms. The van der Waals surface area contributed by atoms with Crippen LogP contribution in [0, 0.1) is 11.2 Å². The number of hydrogen-bond donors (Lipinski definition) is 2. The van der Waals surface area contributed by atoms with E-state index in [1.807, 2.05) is 57.2 Å². The molecule has 5 nitrogen and oxygen atoms in total. The van der Waals surface area contributed by atoms with Gasteiger partial charge in [-0.1, -0.05) is 45.0 Å². The summed E-state index contributed by atoms with van der Waals surface area (Å²) in [5, 5.41) is 20.0. The zero-order chi connectivity index (χ0) is 24.9. The van der Waals surface area contributed by atoms with Crippen LogP contribution >= 0.6 is 0 Å². The van der Waals surface area contributed by atoms with Gasteiger partial charge in [0.15, 0.2) is 0 Å². The summed E-state index contributed by atoms with van der Waals surface area (Å²) in [4.78, 5) is 10.8. The van der Waals surface area contributed by atoms with Crippen molar-refractivity contribution in [1.29, 1.82) is 0 Å². The van der Waals surface area contributed by atoms with Crippen LogP contribution in [0.5, 0.6) is 11.5 Å². The van der Waals surface area contributed by atoms with Crippen LogP contribution in [0.3, 0.4) is 0 Å². The van der Waals surface area contributed by atoms with E-state index in [2.05, 4.69) is 0 Å². The maximum atomic E-state index is 14.8. The number of rotatable bonds is 9. The van der Waals surface area contributed by atoms with E-state index in [9.17, 15) is 14.3 Å². The summed E-state index contributed by atoms with van der Waals surface area (Å²) >= 11 is 0. The highest BCUT2D eigenvalue weighted by Gasteiger charge is 2.27. The van der Waals surface area contributed by atoms with E-state index in [4.69, 9.17) is 14.6 Å². The van der Waals surface area contributed by atoms with E-state index in [1.165, 1.54) is 13.2 Å². The van der Waals surface area contributed by atoms with Crippen LogP contribution in [-0.2, 0) is 17.8 Å². The van der Waals surface area contributed by atoms with Gasteiger partial charge in [0, 0.05) is 12.0 Å². The molecule has 1 atom stereocenters. The van der Waals surface area contributed by atoms with E-state index in [0.717, 1.165) is 11.1 Å². The van der Waals surface area contributed by atoms with Crippen molar-refractivity contribution < 1.29 is 28.9 Å². The van der Waals surface area contributed by atoms with Crippen molar-refractivity contribution in [3.63, 3.8) is 0 Å². The van der Waals surface area contributed by atoms with Gasteiger partial charge in [-0.3, -0.25) is 4.79 Å². The maximum Gasteiger partial charge on any atom is 0.303 e. The fraction of sp³-hybridized carbons (Fsp3) is 0.321. The molecule has 0 saturated heterocycles. The van der Waals surface area contributed by atoms with Crippen LogP contribution in [0.15, 0.2) is 60.7 Å². The summed E-state index contributed by atoms with van der Waals surface area (Å²) in [6.45, 7) is 6.02. The number of carbonyl (C=O) groups is 1. The number of aliphatic hydroxyl groups excluding tert-OH is 1. The van der Waals surface area contributed by atoms with E-state index in [1.54, 1.807) is 18.2 Å². The van der Waals surface area contributed by atoms with E-state index in [-0.39, 0.29) is 13.0 Å². The molecule has 0 bridgehead atoms. The van der Waals surface area contributed by atoms with Crippen LogP contribution in [0.4, 0.5) is 4.39 Å². The SMILES string of the molecule is COc1ccc(F)c(-c2ccc(COc3cccc(CCC(=O)O)c3)cc2C(O)C(C)(C)C)c1. The Bertz CT molecular complexity index is 1150. The summed E-state index contributed by atoms with van der Waals surface area (Å²) in [6.07, 6.45) is -0.359. The molecule has 0 amide bonds. The Hall–Kier alpha value is -3.38. The smallest absolute Gasteiger partial charge is 0.303 e. The third-order valence-electron chi connectivity index (χ3n) is 5.63. The van der Waals surface area contributed by atoms with Crippen LogP contribution in [-0.4, -0.2) is 23.3 Å². The number of aliphatic carboxylic acids is 1. The fourth-order valence-electron chi connectivity index (χ4n) is 3.69. The molecule has 0 saturated carbocycles. The Labute approximate surface area is 199 Å². The number of benzene rings is 3. The van der Waals surface area contributed by atoms with Crippen molar-refractivity contribution in [1.82, 2.24) is 0 Å². The van der Waals surface area contributed by atoms with Gasteiger partial charge in [0.1, 0.15) is 23.9 Å². The van der Waals surface area contributed by atoms with Gasteiger partial charge < -0.3 is 19.7 Å². The zero-order valence-corrected chi connectivity index (χ0v) is 20.0. The topological polar surface area (TPSA) is 76.0 Å². The van der Waals surface area contributed by atoms with E-state index >= 15 is 0 Å². The largest absolute Gasteiger partial charge is 0.497 e. The second kappa shape index (κ2) is 10.7. The molecule has 6 heteroatoms. The minimum absolute atomic E-state index is 0.0554. The van der Waals surface area contributed by atoms with E-state index in [0.29, 0.717) is 34.6 Å². The minimum Gasteiger partial charge on any atom is -0.497 e. The van der Waals surface area contributed by atoms with Gasteiger partial charge in [-0.25, -0.2) is 4.39 Å². The molecule has 3 aromatic carbocycles. The number of methoxy groups -OCH3 is 1. The monoisotopic (exact) mass is 466 g/mol. The van der Waals surface area contributed by atoms with Gasteiger partial charge in [-0.2, -0.15) is 0 Å². The van der Waals surface area contributed by atoms with Crippen LogP contribution < -0.4 is 9.47 Å². The van der Waals surface area contributed by atoms with Gasteiger partial charge in [0.05, 0.1) is 13.2 Å². The highest BCUT2D eigenvalue weighted by molar-refractivity contribution is 5.70. The first-order chi connectivity index (χ1) is 16.1. The Kier molecular flexibility index (Phi) is 7.94. The molecule has 0 aromatic heterocycles. The molecular weight excluding hydrogens is 435 g/mol. The number of carboxylic acid groups (broad SMARTS) is 1. The summed E-state index contributed by atoms with van der Waals surface area (Å²) in [6, 6.07) is 17.4. The van der Waals surface area contributed by atoms with Gasteiger partial charge in [-0.15, -0.1) is 0 Å². The summed E-state index contributed by atoms with van der Waals surface area (Å²) < 4.78 is 26.0. The number of carboxylic acids is 1. The molecule has 0 aliphatic carbocycles. The minimum atomic E-state index is -0.844. The van der Waals surface area contributed by atoms with Gasteiger partial charge in [0.2, 0.25) is 0 Å². The molecule has 1 unspecified atom stereocenters. The third kappa shape index (κ3) is 6.35. The van der Waals surface area contributed by atoms with Crippen molar-refractivity contribution in [2.45, 2.75) is 46.3 Å². The molecule has 0 aliphatic heterocycles. The van der Waals surface area contributed by atoms with Crippen molar-refractivity contribution >= 4 is 5.97 Å². The molecule has 0 fully saturated rings. The highest BCUT2D eigenvalue weighted by Crippen LogP contribution is 2.40. The summed E-state index contributed by atoms with van der Waals surface area (Å²) in [5.74, 6) is -0.0827. The third-order valence-corrected chi connectivity index (χ3v) is 5.63. The normalized spacial score (nSPS) is 12.3. The average Bonchev–Trinajstić information content (AvgIpc) is 2.81. The Morgan fingerprint density at radius 3 is 2.41 bits per heavy atom. The number of aliphatic hydroxyl groups is 1. The van der Waals surface area contributed by atoms with Crippen molar-refractivity contribution in [3.05, 3.63) is 83.2 Å². The predicted octanol–water partition coefficient (Wildman–Crippen LogP) is 6.18. The van der Waals surface area contributed by atoms with Gasteiger partial charge >= 0.3 is 5.97 Å². The lowest BCUT2D eigenvalue weighted by Crippen LogP contribution is -2.19. The number of hydrogen-bond acceptors (Lipinski definition) is 4. The first kappa shape index (κ1) is 25.2. The molecule has 0 heterocycles. The molecule has 0 radical (unpaired) electrons. The number of ether oxygens (including phenoxy) is 2. The van der Waals surface area contributed by atoms with Crippen LogP contribution in [0.25, 0.3) is 11.1 Å². The Morgan fingerprint density at radius 2 is 1.74 bits per heavy atom. The molecule has 3 aromatic rings. The molecule has 0 aliphatic rings. The quantitative estimate of drug-likeness (QED) is 0.394. The van der Waals surface area contributed by atoms with Crippen molar-refractivity contribution in [2.75, 3.05) is 7.11 Å². The molecule has 34 heavy (non-hydrogen) atoms. The van der Waals surface area contributed by atoms with Crippen molar-refractivity contribution in [2.24, 2.45) is 5.41 Å². The lowest BCUT2D eigenvalue weighted by atomic mass is 9.81. The lowest BCUT2D eigenvalue weighted by Gasteiger charge is -2.28. The average molecular weight is 467 g/mol. The second-order valence-corrected chi connectivity index (χ2v) is 9.37.